The van der Waals surface area contributed by atoms with Crippen LogP contribution in [0.2, 0.25) is 0 Å². The van der Waals surface area contributed by atoms with E-state index in [1.807, 2.05) is 18.4 Å². The van der Waals surface area contributed by atoms with Crippen LogP contribution >= 0.6 is 27.7 Å². The molecule has 0 heterocycles. The molecule has 0 unspecified atom stereocenters. The summed E-state index contributed by atoms with van der Waals surface area (Å²) in [5.74, 6) is 1.54. The first kappa shape index (κ1) is 15.2. The summed E-state index contributed by atoms with van der Waals surface area (Å²) in [5.41, 5.74) is 0.905. The zero-order valence-corrected chi connectivity index (χ0v) is 13.2. The monoisotopic (exact) mass is 333 g/mol. The Kier molecular flexibility index (Phi) is 5.81. The van der Waals surface area contributed by atoms with Crippen molar-refractivity contribution in [3.05, 3.63) is 17.7 Å². The molecule has 0 fully saturated rings. The fourth-order valence-electron chi connectivity index (χ4n) is 1.53. The maximum atomic E-state index is 11.2. The van der Waals surface area contributed by atoms with Crippen LogP contribution in [0.1, 0.15) is 5.56 Å². The largest absolute Gasteiger partial charge is 0.496 e. The normalized spacial score (nSPS) is 10.1. The van der Waals surface area contributed by atoms with Crippen molar-refractivity contribution in [2.45, 2.75) is 11.4 Å². The Morgan fingerprint density at radius 3 is 2.39 bits per heavy atom. The number of amides is 1. The molecule has 0 aliphatic rings. The minimum atomic E-state index is -0.169. The number of carbonyl (C=O) groups is 1. The van der Waals surface area contributed by atoms with Gasteiger partial charge in [0.25, 0.3) is 4.82 Å². The fraction of sp³-hybridized carbons (Fsp3) is 0.417. The third-order valence-electron chi connectivity index (χ3n) is 2.49. The van der Waals surface area contributed by atoms with E-state index < -0.39 is 0 Å². The summed E-state index contributed by atoms with van der Waals surface area (Å²) < 4.78 is 10.7. The highest BCUT2D eigenvalue weighted by Gasteiger charge is 2.14. The highest BCUT2D eigenvalue weighted by atomic mass is 79.9. The van der Waals surface area contributed by atoms with Gasteiger partial charge < -0.3 is 14.4 Å². The minimum absolute atomic E-state index is 0.169. The van der Waals surface area contributed by atoms with Crippen LogP contribution < -0.4 is 9.47 Å². The summed E-state index contributed by atoms with van der Waals surface area (Å²) in [6.07, 6.45) is 1.98. The summed E-state index contributed by atoms with van der Waals surface area (Å²) in [6.45, 7) is 0.457. The highest BCUT2D eigenvalue weighted by molar-refractivity contribution is 9.18. The number of nitrogens with zero attached hydrogens (tertiary/aromatic N) is 1. The van der Waals surface area contributed by atoms with E-state index in [4.69, 9.17) is 9.47 Å². The van der Waals surface area contributed by atoms with Crippen LogP contribution in [0.15, 0.2) is 17.0 Å². The summed E-state index contributed by atoms with van der Waals surface area (Å²) in [7, 11) is 4.96. The van der Waals surface area contributed by atoms with Crippen LogP contribution in [-0.2, 0) is 6.54 Å². The first-order valence-electron chi connectivity index (χ1n) is 5.23. The molecule has 0 spiro atoms. The van der Waals surface area contributed by atoms with E-state index >= 15 is 0 Å². The van der Waals surface area contributed by atoms with Crippen LogP contribution in [-0.4, -0.2) is 37.2 Å². The van der Waals surface area contributed by atoms with Crippen LogP contribution in [0.25, 0.3) is 0 Å². The number of halogens is 1. The molecule has 0 aliphatic heterocycles. The van der Waals surface area contributed by atoms with E-state index in [2.05, 4.69) is 15.9 Å². The molecule has 1 aromatic rings. The van der Waals surface area contributed by atoms with Crippen molar-refractivity contribution in [2.24, 2.45) is 0 Å². The second kappa shape index (κ2) is 6.89. The van der Waals surface area contributed by atoms with E-state index in [1.54, 1.807) is 37.9 Å². The summed E-state index contributed by atoms with van der Waals surface area (Å²) >= 11 is 4.51. The lowest BCUT2D eigenvalue weighted by Gasteiger charge is -2.18. The van der Waals surface area contributed by atoms with Gasteiger partial charge in [-0.3, -0.25) is 4.79 Å². The molecule has 100 valence electrons. The SMILES string of the molecule is COc1cc(SC)c(OC)cc1CN(C)C(=O)Br. The molecule has 0 N–H and O–H groups in total. The first-order chi connectivity index (χ1) is 8.53. The van der Waals surface area contributed by atoms with Crippen molar-refractivity contribution in [1.29, 1.82) is 0 Å². The van der Waals surface area contributed by atoms with Crippen molar-refractivity contribution >= 4 is 32.5 Å². The van der Waals surface area contributed by atoms with E-state index in [9.17, 15) is 4.79 Å². The van der Waals surface area contributed by atoms with Crippen molar-refractivity contribution in [3.8, 4) is 11.5 Å². The fourth-order valence-corrected chi connectivity index (χ4v) is 2.23. The van der Waals surface area contributed by atoms with Gasteiger partial charge in [-0.25, -0.2) is 0 Å². The van der Waals surface area contributed by atoms with E-state index in [0.717, 1.165) is 22.0 Å². The van der Waals surface area contributed by atoms with Crippen molar-refractivity contribution < 1.29 is 14.3 Å². The maximum absolute atomic E-state index is 11.2. The Labute approximate surface area is 120 Å². The predicted octanol–water partition coefficient (Wildman–Crippen LogP) is 3.37. The predicted molar refractivity (Wildman–Crippen MR) is 77.1 cm³/mol. The molecular weight excluding hydrogens is 318 g/mol. The highest BCUT2D eigenvalue weighted by Crippen LogP contribution is 2.35. The smallest absolute Gasteiger partial charge is 0.289 e. The lowest BCUT2D eigenvalue weighted by molar-refractivity contribution is 0.232. The Balaban J connectivity index is 3.13. The van der Waals surface area contributed by atoms with E-state index in [-0.39, 0.29) is 4.82 Å². The van der Waals surface area contributed by atoms with Crippen LogP contribution in [0.4, 0.5) is 4.79 Å². The van der Waals surface area contributed by atoms with Gasteiger partial charge >= 0.3 is 0 Å². The number of methoxy groups -OCH3 is 2. The number of hydrogen-bond donors (Lipinski definition) is 0. The topological polar surface area (TPSA) is 38.8 Å². The lowest BCUT2D eigenvalue weighted by Crippen LogP contribution is -2.20. The number of rotatable bonds is 5. The number of hydrogen-bond acceptors (Lipinski definition) is 4. The van der Waals surface area contributed by atoms with Gasteiger partial charge in [0.15, 0.2) is 0 Å². The Bertz CT molecular complexity index is 440. The second-order valence-corrected chi connectivity index (χ2v) is 5.15. The summed E-state index contributed by atoms with van der Waals surface area (Å²) in [6, 6.07) is 3.82. The molecule has 0 atom stereocenters. The molecule has 0 radical (unpaired) electrons. The average Bonchev–Trinajstić information content (AvgIpc) is 2.37. The van der Waals surface area contributed by atoms with Crippen molar-refractivity contribution in [2.75, 3.05) is 27.5 Å². The minimum Gasteiger partial charge on any atom is -0.496 e. The molecule has 1 aromatic carbocycles. The van der Waals surface area contributed by atoms with Crippen molar-refractivity contribution in [3.63, 3.8) is 0 Å². The Morgan fingerprint density at radius 1 is 1.33 bits per heavy atom. The molecular formula is C12H16BrNO3S. The lowest BCUT2D eigenvalue weighted by atomic mass is 10.2. The van der Waals surface area contributed by atoms with Gasteiger partial charge in [-0.1, -0.05) is 0 Å². The molecule has 4 nitrogen and oxygen atoms in total. The second-order valence-electron chi connectivity index (χ2n) is 3.63. The Morgan fingerprint density at radius 2 is 1.94 bits per heavy atom. The molecule has 18 heavy (non-hydrogen) atoms. The van der Waals surface area contributed by atoms with Gasteiger partial charge in [0.2, 0.25) is 0 Å². The maximum Gasteiger partial charge on any atom is 0.289 e. The van der Waals surface area contributed by atoms with Gasteiger partial charge in [-0.2, -0.15) is 0 Å². The van der Waals surface area contributed by atoms with Gasteiger partial charge in [-0.15, -0.1) is 11.8 Å². The molecule has 0 aliphatic carbocycles. The third-order valence-corrected chi connectivity index (χ3v) is 3.86. The van der Waals surface area contributed by atoms with Crippen molar-refractivity contribution in [1.82, 2.24) is 4.90 Å². The number of carbonyl (C=O) groups excluding carboxylic acids is 1. The van der Waals surface area contributed by atoms with E-state index in [0.29, 0.717) is 6.54 Å². The zero-order valence-electron chi connectivity index (χ0n) is 10.8. The summed E-state index contributed by atoms with van der Waals surface area (Å²) in [4.78, 5) is 13.6. The molecule has 0 saturated heterocycles. The average molecular weight is 334 g/mol. The molecule has 1 rings (SSSR count). The molecule has 1 amide bonds. The molecule has 6 heteroatoms. The molecule has 0 aromatic heterocycles. The number of benzene rings is 1. The molecule has 0 bridgehead atoms. The quantitative estimate of drug-likeness (QED) is 0.470. The molecule has 0 saturated carbocycles. The van der Waals surface area contributed by atoms with Gasteiger partial charge in [0.05, 0.1) is 19.1 Å². The summed E-state index contributed by atoms with van der Waals surface area (Å²) in [5, 5.41) is 0. The number of thioether (sulfide) groups is 1. The third kappa shape index (κ3) is 3.55. The van der Waals surface area contributed by atoms with Gasteiger partial charge in [0, 0.05) is 35.1 Å². The Hall–Kier alpha value is -0.880. The van der Waals surface area contributed by atoms with Crippen LogP contribution in [0, 0.1) is 0 Å². The van der Waals surface area contributed by atoms with E-state index in [1.165, 1.54) is 0 Å². The van der Waals surface area contributed by atoms with Gasteiger partial charge in [0.1, 0.15) is 11.5 Å². The van der Waals surface area contributed by atoms with Gasteiger partial charge in [-0.05, 0) is 18.4 Å². The van der Waals surface area contributed by atoms with Crippen LogP contribution in [0.3, 0.4) is 0 Å². The zero-order chi connectivity index (χ0) is 13.7. The number of ether oxygens (including phenoxy) is 2. The first-order valence-corrected chi connectivity index (χ1v) is 7.24. The van der Waals surface area contributed by atoms with Crippen LogP contribution in [0.5, 0.6) is 11.5 Å². The standard InChI is InChI=1S/C12H16BrNO3S/c1-14(12(13)15)7-8-5-10(17-3)11(18-4)6-9(8)16-2/h5-6H,7H2,1-4H3.